The van der Waals surface area contributed by atoms with Gasteiger partial charge in [0.1, 0.15) is 0 Å². The van der Waals surface area contributed by atoms with E-state index in [1.165, 1.54) is 17.2 Å². The van der Waals surface area contributed by atoms with Gasteiger partial charge in [-0.25, -0.2) is 9.78 Å². The van der Waals surface area contributed by atoms with E-state index in [1.54, 1.807) is 13.1 Å². The van der Waals surface area contributed by atoms with Crippen LogP contribution in [0.2, 0.25) is 0 Å². The van der Waals surface area contributed by atoms with E-state index in [4.69, 9.17) is 9.84 Å². The van der Waals surface area contributed by atoms with Crippen molar-refractivity contribution in [3.05, 3.63) is 24.0 Å². The van der Waals surface area contributed by atoms with Crippen LogP contribution in [0.25, 0.3) is 0 Å². The number of aromatic nitrogens is 1. The van der Waals surface area contributed by atoms with Gasteiger partial charge in [-0.05, 0) is 26.0 Å². The number of carboxylic acids is 1. The maximum absolute atomic E-state index is 11.7. The Morgan fingerprint density at radius 1 is 1.50 bits per heavy atom. The van der Waals surface area contributed by atoms with Gasteiger partial charge in [0.2, 0.25) is 0 Å². The number of amides is 1. The average Bonchev–Trinajstić information content (AvgIpc) is 2.35. The number of hydrogen-bond donors (Lipinski definition) is 1. The Morgan fingerprint density at radius 2 is 2.17 bits per heavy atom. The molecule has 0 aliphatic heterocycles. The summed E-state index contributed by atoms with van der Waals surface area (Å²) < 4.78 is 5.20. The lowest BCUT2D eigenvalue weighted by molar-refractivity contribution is -0.133. The molecule has 0 aliphatic rings. The van der Waals surface area contributed by atoms with Gasteiger partial charge in [0.25, 0.3) is 5.91 Å². The molecule has 1 rings (SSSR count). The van der Waals surface area contributed by atoms with Crippen molar-refractivity contribution in [2.45, 2.75) is 19.9 Å². The van der Waals surface area contributed by atoms with Crippen molar-refractivity contribution in [3.63, 3.8) is 0 Å². The standard InChI is InChI=1S/C12H16N2O4/c1-8(2)14(3)10(15)7-18-9-5-4-6-13-11(9)12(16)17/h4-6,8H,7H2,1-3H3,(H,16,17). The van der Waals surface area contributed by atoms with E-state index < -0.39 is 5.97 Å². The highest BCUT2D eigenvalue weighted by Crippen LogP contribution is 2.15. The van der Waals surface area contributed by atoms with Crippen LogP contribution in [0.1, 0.15) is 24.3 Å². The second-order valence-electron chi connectivity index (χ2n) is 4.04. The minimum atomic E-state index is -1.18. The number of carbonyl (C=O) groups is 2. The second kappa shape index (κ2) is 6.00. The van der Waals surface area contributed by atoms with Crippen LogP contribution in [0.15, 0.2) is 18.3 Å². The third kappa shape index (κ3) is 3.44. The molecule has 0 aromatic carbocycles. The zero-order chi connectivity index (χ0) is 13.7. The second-order valence-corrected chi connectivity index (χ2v) is 4.04. The zero-order valence-corrected chi connectivity index (χ0v) is 10.6. The number of likely N-dealkylation sites (N-methyl/N-ethyl adjacent to an activating group) is 1. The molecule has 6 nitrogen and oxygen atoms in total. The molecule has 0 fully saturated rings. The maximum atomic E-state index is 11.7. The fourth-order valence-corrected chi connectivity index (χ4v) is 1.20. The minimum absolute atomic E-state index is 0.0638. The number of rotatable bonds is 5. The van der Waals surface area contributed by atoms with Crippen LogP contribution in [0, 0.1) is 0 Å². The van der Waals surface area contributed by atoms with E-state index in [-0.39, 0.29) is 30.0 Å². The quantitative estimate of drug-likeness (QED) is 0.846. The van der Waals surface area contributed by atoms with Crippen molar-refractivity contribution < 1.29 is 19.4 Å². The van der Waals surface area contributed by atoms with E-state index in [1.807, 2.05) is 13.8 Å². The lowest BCUT2D eigenvalue weighted by atomic mass is 10.3. The number of carboxylic acid groups (broad SMARTS) is 1. The van der Waals surface area contributed by atoms with Crippen LogP contribution in [-0.2, 0) is 4.79 Å². The number of ether oxygens (including phenoxy) is 1. The van der Waals surface area contributed by atoms with Crippen molar-refractivity contribution in [2.75, 3.05) is 13.7 Å². The van der Waals surface area contributed by atoms with Crippen LogP contribution in [0.3, 0.4) is 0 Å². The molecule has 0 saturated carbocycles. The summed E-state index contributed by atoms with van der Waals surface area (Å²) in [6.07, 6.45) is 1.36. The van der Waals surface area contributed by atoms with Crippen LogP contribution < -0.4 is 4.74 Å². The fraction of sp³-hybridized carbons (Fsp3) is 0.417. The maximum Gasteiger partial charge on any atom is 0.358 e. The summed E-state index contributed by atoms with van der Waals surface area (Å²) in [6.45, 7) is 3.55. The van der Waals surface area contributed by atoms with Gasteiger partial charge >= 0.3 is 5.97 Å². The van der Waals surface area contributed by atoms with Crippen molar-refractivity contribution in [1.29, 1.82) is 0 Å². The highest BCUT2D eigenvalue weighted by atomic mass is 16.5. The molecule has 0 unspecified atom stereocenters. The Balaban J connectivity index is 2.70. The summed E-state index contributed by atoms with van der Waals surface area (Å²) >= 11 is 0. The van der Waals surface area contributed by atoms with Gasteiger partial charge in [0, 0.05) is 19.3 Å². The third-order valence-corrected chi connectivity index (χ3v) is 2.49. The molecule has 0 radical (unpaired) electrons. The fourth-order valence-electron chi connectivity index (χ4n) is 1.20. The molecule has 0 spiro atoms. The summed E-state index contributed by atoms with van der Waals surface area (Å²) in [4.78, 5) is 27.8. The Hall–Kier alpha value is -2.11. The van der Waals surface area contributed by atoms with E-state index in [0.717, 1.165) is 0 Å². The van der Waals surface area contributed by atoms with Crippen molar-refractivity contribution in [2.24, 2.45) is 0 Å². The van der Waals surface area contributed by atoms with E-state index in [0.29, 0.717) is 0 Å². The van der Waals surface area contributed by atoms with Gasteiger partial charge < -0.3 is 14.7 Å². The zero-order valence-electron chi connectivity index (χ0n) is 10.6. The van der Waals surface area contributed by atoms with Gasteiger partial charge in [0.05, 0.1) is 0 Å². The third-order valence-electron chi connectivity index (χ3n) is 2.49. The van der Waals surface area contributed by atoms with Crippen molar-refractivity contribution in [1.82, 2.24) is 9.88 Å². The molecule has 0 bridgehead atoms. The van der Waals surface area contributed by atoms with Gasteiger partial charge in [-0.2, -0.15) is 0 Å². The van der Waals surface area contributed by atoms with Crippen LogP contribution >= 0.6 is 0 Å². The van der Waals surface area contributed by atoms with Crippen molar-refractivity contribution >= 4 is 11.9 Å². The first kappa shape index (κ1) is 14.0. The monoisotopic (exact) mass is 252 g/mol. The highest BCUT2D eigenvalue weighted by Gasteiger charge is 2.16. The first-order chi connectivity index (χ1) is 8.43. The number of carbonyl (C=O) groups excluding carboxylic acids is 1. The topological polar surface area (TPSA) is 79.7 Å². The number of pyridine rings is 1. The van der Waals surface area contributed by atoms with Crippen LogP contribution in [-0.4, -0.2) is 46.6 Å². The van der Waals surface area contributed by atoms with Gasteiger partial charge in [-0.1, -0.05) is 0 Å². The molecule has 0 aliphatic carbocycles. The van der Waals surface area contributed by atoms with Crippen molar-refractivity contribution in [3.8, 4) is 5.75 Å². The molecule has 1 aromatic heterocycles. The molecule has 0 saturated heterocycles. The average molecular weight is 252 g/mol. The SMILES string of the molecule is CC(C)N(C)C(=O)COc1cccnc1C(=O)O. The van der Waals surface area contributed by atoms with Crippen LogP contribution in [0.4, 0.5) is 0 Å². The molecule has 0 atom stereocenters. The summed E-state index contributed by atoms with van der Waals surface area (Å²) in [7, 11) is 1.66. The predicted octanol–water partition coefficient (Wildman–Crippen LogP) is 1.03. The molecular formula is C12H16N2O4. The first-order valence-electron chi connectivity index (χ1n) is 5.50. The number of aromatic carboxylic acids is 1. The van der Waals surface area contributed by atoms with E-state index in [9.17, 15) is 9.59 Å². The number of nitrogens with zero attached hydrogens (tertiary/aromatic N) is 2. The Bertz CT molecular complexity index is 445. The van der Waals surface area contributed by atoms with Crippen LogP contribution in [0.5, 0.6) is 5.75 Å². The summed E-state index contributed by atoms with van der Waals surface area (Å²) in [5.74, 6) is -1.31. The predicted molar refractivity (Wildman–Crippen MR) is 64.6 cm³/mol. The Labute approximate surface area is 105 Å². The molecule has 6 heteroatoms. The van der Waals surface area contributed by atoms with E-state index >= 15 is 0 Å². The van der Waals surface area contributed by atoms with Gasteiger partial charge in [-0.15, -0.1) is 0 Å². The summed E-state index contributed by atoms with van der Waals surface area (Å²) in [5.41, 5.74) is -0.197. The number of hydrogen-bond acceptors (Lipinski definition) is 4. The minimum Gasteiger partial charge on any atom is -0.481 e. The molecule has 1 aromatic rings. The van der Waals surface area contributed by atoms with Gasteiger partial charge in [-0.3, -0.25) is 4.79 Å². The van der Waals surface area contributed by atoms with Gasteiger partial charge in [0.15, 0.2) is 18.1 Å². The first-order valence-corrected chi connectivity index (χ1v) is 5.50. The summed E-state index contributed by atoms with van der Waals surface area (Å²) in [6, 6.07) is 3.09. The molecule has 98 valence electrons. The lowest BCUT2D eigenvalue weighted by Crippen LogP contribution is -2.36. The summed E-state index contributed by atoms with van der Waals surface area (Å²) in [5, 5.41) is 8.89. The highest BCUT2D eigenvalue weighted by molar-refractivity contribution is 5.88. The molecule has 1 N–H and O–H groups in total. The largest absolute Gasteiger partial charge is 0.481 e. The normalized spacial score (nSPS) is 10.2. The molecule has 1 amide bonds. The molecule has 18 heavy (non-hydrogen) atoms. The van der Waals surface area contributed by atoms with E-state index in [2.05, 4.69) is 4.98 Å². The Morgan fingerprint density at radius 3 is 2.72 bits per heavy atom. The Kier molecular flexibility index (Phi) is 4.65. The molecular weight excluding hydrogens is 236 g/mol. The smallest absolute Gasteiger partial charge is 0.358 e. The molecule has 1 heterocycles. The lowest BCUT2D eigenvalue weighted by Gasteiger charge is -2.21.